The Morgan fingerprint density at radius 1 is 1.24 bits per heavy atom. The first-order chi connectivity index (χ1) is 8.10. The minimum absolute atomic E-state index is 0.00416. The van der Waals surface area contributed by atoms with E-state index in [1.54, 1.807) is 0 Å². The molecule has 4 saturated carbocycles. The van der Waals surface area contributed by atoms with Gasteiger partial charge in [0.25, 0.3) is 0 Å². The van der Waals surface area contributed by atoms with Gasteiger partial charge in [0.2, 0.25) is 5.91 Å². The van der Waals surface area contributed by atoms with E-state index in [0.717, 1.165) is 24.2 Å². The number of halogens is 1. The summed E-state index contributed by atoms with van der Waals surface area (Å²) in [6.45, 7) is 2.05. The monoisotopic (exact) mass is 299 g/mol. The first-order valence-electron chi connectivity index (χ1n) is 7.06. The van der Waals surface area contributed by atoms with Gasteiger partial charge in [0, 0.05) is 5.54 Å². The van der Waals surface area contributed by atoms with Gasteiger partial charge in [0.15, 0.2) is 0 Å². The smallest absolute Gasteiger partial charge is 0.234 e. The Balaban J connectivity index is 1.72. The highest BCUT2D eigenvalue weighted by atomic mass is 79.9. The molecule has 0 aromatic heterocycles. The zero-order chi connectivity index (χ0) is 12.0. The van der Waals surface area contributed by atoms with Gasteiger partial charge >= 0.3 is 0 Å². The van der Waals surface area contributed by atoms with Crippen molar-refractivity contribution in [3.8, 4) is 0 Å². The lowest BCUT2D eigenvalue weighted by atomic mass is 9.53. The highest BCUT2D eigenvalue weighted by Gasteiger charge is 2.51. The summed E-state index contributed by atoms with van der Waals surface area (Å²) >= 11 is 3.47. The Morgan fingerprint density at radius 3 is 2.12 bits per heavy atom. The quantitative estimate of drug-likeness (QED) is 0.797. The van der Waals surface area contributed by atoms with Crippen molar-refractivity contribution in [2.24, 2.45) is 17.8 Å². The van der Waals surface area contributed by atoms with Crippen LogP contribution in [0.3, 0.4) is 0 Å². The maximum absolute atomic E-state index is 12.1. The van der Waals surface area contributed by atoms with Gasteiger partial charge in [0.1, 0.15) is 0 Å². The van der Waals surface area contributed by atoms with E-state index in [2.05, 4.69) is 28.2 Å². The molecule has 0 aromatic rings. The molecule has 4 rings (SSSR count). The van der Waals surface area contributed by atoms with Crippen LogP contribution in [-0.4, -0.2) is 16.3 Å². The summed E-state index contributed by atoms with van der Waals surface area (Å²) in [7, 11) is 0. The predicted molar refractivity (Wildman–Crippen MR) is 72.1 cm³/mol. The van der Waals surface area contributed by atoms with Crippen molar-refractivity contribution >= 4 is 21.8 Å². The van der Waals surface area contributed by atoms with Crippen LogP contribution in [0.4, 0.5) is 0 Å². The van der Waals surface area contributed by atoms with Crippen LogP contribution in [-0.2, 0) is 4.79 Å². The van der Waals surface area contributed by atoms with Crippen LogP contribution < -0.4 is 5.32 Å². The Hall–Kier alpha value is -0.0500. The van der Waals surface area contributed by atoms with Gasteiger partial charge < -0.3 is 5.32 Å². The van der Waals surface area contributed by atoms with Gasteiger partial charge in [-0.15, -0.1) is 0 Å². The minimum atomic E-state index is -0.00416. The second-order valence-corrected chi connectivity index (χ2v) is 7.67. The molecule has 0 heterocycles. The van der Waals surface area contributed by atoms with E-state index in [1.165, 1.54) is 38.5 Å². The van der Waals surface area contributed by atoms with Crippen LogP contribution in [0.15, 0.2) is 0 Å². The first-order valence-corrected chi connectivity index (χ1v) is 7.98. The average molecular weight is 300 g/mol. The summed E-state index contributed by atoms with van der Waals surface area (Å²) < 4.78 is 0. The topological polar surface area (TPSA) is 29.1 Å². The fourth-order valence-electron chi connectivity index (χ4n) is 4.79. The van der Waals surface area contributed by atoms with Crippen molar-refractivity contribution in [1.29, 1.82) is 0 Å². The number of alkyl halides is 1. The number of rotatable bonds is 3. The van der Waals surface area contributed by atoms with Crippen LogP contribution in [0.2, 0.25) is 0 Å². The molecular formula is C14H22BrNO. The molecule has 2 nitrogen and oxygen atoms in total. The van der Waals surface area contributed by atoms with Gasteiger partial charge in [-0.05, 0) is 62.7 Å². The molecule has 96 valence electrons. The SMILES string of the molecule is CCC(Br)C(=O)NC12CC3CC(CC(C3)C1)C2. The maximum Gasteiger partial charge on any atom is 0.234 e. The van der Waals surface area contributed by atoms with Crippen molar-refractivity contribution < 1.29 is 4.79 Å². The van der Waals surface area contributed by atoms with E-state index in [1.807, 2.05) is 0 Å². The van der Waals surface area contributed by atoms with Crippen molar-refractivity contribution in [2.75, 3.05) is 0 Å². The second-order valence-electron chi connectivity index (χ2n) is 6.56. The van der Waals surface area contributed by atoms with E-state index < -0.39 is 0 Å². The molecule has 0 aromatic carbocycles. The average Bonchev–Trinajstić information content (AvgIpc) is 2.25. The third-order valence-corrected chi connectivity index (χ3v) is 6.13. The van der Waals surface area contributed by atoms with Crippen LogP contribution in [0.5, 0.6) is 0 Å². The largest absolute Gasteiger partial charge is 0.350 e. The molecule has 1 N–H and O–H groups in total. The van der Waals surface area contributed by atoms with Gasteiger partial charge in [-0.3, -0.25) is 4.79 Å². The van der Waals surface area contributed by atoms with E-state index in [9.17, 15) is 4.79 Å². The van der Waals surface area contributed by atoms with Crippen LogP contribution in [0.1, 0.15) is 51.9 Å². The van der Waals surface area contributed by atoms with E-state index in [-0.39, 0.29) is 16.3 Å². The normalized spacial score (nSPS) is 44.7. The lowest BCUT2D eigenvalue weighted by Gasteiger charge is -2.57. The molecular weight excluding hydrogens is 278 g/mol. The van der Waals surface area contributed by atoms with Crippen molar-refractivity contribution in [3.63, 3.8) is 0 Å². The fraction of sp³-hybridized carbons (Fsp3) is 0.929. The number of hydrogen-bond acceptors (Lipinski definition) is 1. The minimum Gasteiger partial charge on any atom is -0.350 e. The van der Waals surface area contributed by atoms with Crippen molar-refractivity contribution in [2.45, 2.75) is 62.2 Å². The lowest BCUT2D eigenvalue weighted by molar-refractivity contribution is -0.126. The fourth-order valence-corrected chi connectivity index (χ4v) is 4.90. The van der Waals surface area contributed by atoms with Gasteiger partial charge in [-0.1, -0.05) is 22.9 Å². The Kier molecular flexibility index (Phi) is 3.00. The third-order valence-electron chi connectivity index (χ3n) is 5.07. The molecule has 0 spiro atoms. The number of hydrogen-bond donors (Lipinski definition) is 1. The Bertz CT molecular complexity index is 293. The Morgan fingerprint density at radius 2 is 1.71 bits per heavy atom. The molecule has 4 bridgehead atoms. The molecule has 0 aliphatic heterocycles. The summed E-state index contributed by atoms with van der Waals surface area (Å²) in [6, 6.07) is 0. The first kappa shape index (κ1) is 12.0. The standard InChI is InChI=1S/C14H22BrNO/c1-2-12(15)13(17)16-14-6-9-3-10(7-14)5-11(4-9)8-14/h9-12H,2-8H2,1H3,(H,16,17). The highest BCUT2D eigenvalue weighted by Crippen LogP contribution is 2.55. The number of amides is 1. The van der Waals surface area contributed by atoms with E-state index in [0.29, 0.717) is 0 Å². The molecule has 1 atom stereocenters. The number of carbonyl (C=O) groups is 1. The molecule has 1 amide bonds. The molecule has 1 unspecified atom stereocenters. The summed E-state index contributed by atoms with van der Waals surface area (Å²) in [6.07, 6.45) is 8.90. The van der Waals surface area contributed by atoms with Crippen LogP contribution in [0.25, 0.3) is 0 Å². The highest BCUT2D eigenvalue weighted by molar-refractivity contribution is 9.10. The second kappa shape index (κ2) is 4.25. The number of nitrogens with one attached hydrogen (secondary N) is 1. The molecule has 0 saturated heterocycles. The molecule has 0 radical (unpaired) electrons. The summed E-state index contributed by atoms with van der Waals surface area (Å²) in [5, 5.41) is 3.39. The zero-order valence-corrected chi connectivity index (χ0v) is 12.1. The maximum atomic E-state index is 12.1. The Labute approximate surface area is 112 Å². The summed E-state index contributed by atoms with van der Waals surface area (Å²) in [5.41, 5.74) is 0.174. The van der Waals surface area contributed by atoms with Crippen LogP contribution in [0, 0.1) is 17.8 Å². The van der Waals surface area contributed by atoms with E-state index >= 15 is 0 Å². The van der Waals surface area contributed by atoms with Gasteiger partial charge in [0.05, 0.1) is 4.83 Å². The zero-order valence-electron chi connectivity index (χ0n) is 10.5. The molecule has 17 heavy (non-hydrogen) atoms. The molecule has 4 aliphatic carbocycles. The third kappa shape index (κ3) is 2.16. The van der Waals surface area contributed by atoms with Crippen molar-refractivity contribution in [1.82, 2.24) is 5.32 Å². The predicted octanol–water partition coefficient (Wildman–Crippen LogP) is 3.24. The lowest BCUT2D eigenvalue weighted by Crippen LogP contribution is -2.60. The summed E-state index contributed by atoms with van der Waals surface area (Å²) in [5.74, 6) is 2.92. The molecule has 3 heteroatoms. The van der Waals surface area contributed by atoms with Gasteiger partial charge in [-0.25, -0.2) is 0 Å². The summed E-state index contributed by atoms with van der Waals surface area (Å²) in [4.78, 5) is 12.1. The number of carbonyl (C=O) groups excluding carboxylic acids is 1. The van der Waals surface area contributed by atoms with Crippen LogP contribution >= 0.6 is 15.9 Å². The molecule has 4 fully saturated rings. The van der Waals surface area contributed by atoms with Crippen molar-refractivity contribution in [3.05, 3.63) is 0 Å². The van der Waals surface area contributed by atoms with E-state index in [4.69, 9.17) is 0 Å². The van der Waals surface area contributed by atoms with Gasteiger partial charge in [-0.2, -0.15) is 0 Å². The molecule has 4 aliphatic rings.